The molecule has 3 aromatic rings. The Labute approximate surface area is 197 Å². The summed E-state index contributed by atoms with van der Waals surface area (Å²) in [7, 11) is -3.68. The van der Waals surface area contributed by atoms with Gasteiger partial charge in [0.15, 0.2) is 0 Å². The number of anilines is 2. The Bertz CT molecular complexity index is 1320. The Kier molecular flexibility index (Phi) is 5.38. The van der Waals surface area contributed by atoms with Gasteiger partial charge in [-0.15, -0.1) is 0 Å². The second kappa shape index (κ2) is 8.09. The first-order valence-electron chi connectivity index (χ1n) is 10.7. The maximum absolute atomic E-state index is 13.1. The van der Waals surface area contributed by atoms with Gasteiger partial charge in [0, 0.05) is 21.8 Å². The molecule has 0 aromatic heterocycles. The molecule has 2 aliphatic rings. The van der Waals surface area contributed by atoms with Crippen LogP contribution in [0.3, 0.4) is 0 Å². The Morgan fingerprint density at radius 1 is 0.969 bits per heavy atom. The predicted molar refractivity (Wildman–Crippen MR) is 134 cm³/mol. The van der Waals surface area contributed by atoms with E-state index in [2.05, 4.69) is 62.4 Å². The van der Waals surface area contributed by atoms with Gasteiger partial charge in [-0.25, -0.2) is 8.42 Å². The lowest BCUT2D eigenvalue weighted by atomic mass is 9.77. The third-order valence-electron chi connectivity index (χ3n) is 6.63. The van der Waals surface area contributed by atoms with Crippen molar-refractivity contribution in [3.05, 3.63) is 99.5 Å². The minimum Gasteiger partial charge on any atom is -0.378 e. The van der Waals surface area contributed by atoms with Crippen LogP contribution in [0.15, 0.2) is 82.2 Å². The highest BCUT2D eigenvalue weighted by Crippen LogP contribution is 2.50. The largest absolute Gasteiger partial charge is 0.378 e. The molecule has 0 spiro atoms. The molecule has 0 saturated carbocycles. The fourth-order valence-electron chi connectivity index (χ4n) is 4.76. The van der Waals surface area contributed by atoms with E-state index >= 15 is 0 Å². The minimum atomic E-state index is -3.68. The van der Waals surface area contributed by atoms with Crippen molar-refractivity contribution in [3.63, 3.8) is 0 Å². The first-order valence-corrected chi connectivity index (χ1v) is 13.0. The summed E-state index contributed by atoms with van der Waals surface area (Å²) in [5, 5.41) is 3.68. The number of nitrogens with one attached hydrogen (secondary N) is 2. The lowest BCUT2D eigenvalue weighted by molar-refractivity contribution is 0.425. The average Bonchev–Trinajstić information content (AvgIpc) is 3.26. The van der Waals surface area contributed by atoms with E-state index in [4.69, 9.17) is 0 Å². The molecular formula is C26H25BrN2O2S. The quantitative estimate of drug-likeness (QED) is 0.385. The number of hydrogen-bond acceptors (Lipinski definition) is 3. The van der Waals surface area contributed by atoms with Gasteiger partial charge in [-0.1, -0.05) is 46.3 Å². The second-order valence-electron chi connectivity index (χ2n) is 8.68. The van der Waals surface area contributed by atoms with Crippen molar-refractivity contribution >= 4 is 37.3 Å². The van der Waals surface area contributed by atoms with Crippen LogP contribution in [0.1, 0.15) is 40.6 Å². The highest BCUT2D eigenvalue weighted by Gasteiger charge is 2.38. The summed E-state index contributed by atoms with van der Waals surface area (Å²) in [5.74, 6) is 0.547. The van der Waals surface area contributed by atoms with Crippen LogP contribution in [-0.2, 0) is 10.0 Å². The molecule has 3 atom stereocenters. The van der Waals surface area contributed by atoms with Crippen molar-refractivity contribution in [2.45, 2.75) is 37.1 Å². The van der Waals surface area contributed by atoms with Gasteiger partial charge >= 0.3 is 0 Å². The van der Waals surface area contributed by atoms with Crippen LogP contribution < -0.4 is 10.0 Å². The molecule has 0 amide bonds. The summed E-state index contributed by atoms with van der Waals surface area (Å²) in [4.78, 5) is 0.289. The van der Waals surface area contributed by atoms with Crippen molar-refractivity contribution in [1.82, 2.24) is 0 Å². The monoisotopic (exact) mass is 508 g/mol. The van der Waals surface area contributed by atoms with Gasteiger partial charge in [-0.3, -0.25) is 4.72 Å². The molecule has 3 unspecified atom stereocenters. The molecule has 4 nitrogen and oxygen atoms in total. The zero-order chi connectivity index (χ0) is 22.5. The maximum Gasteiger partial charge on any atom is 0.261 e. The molecule has 2 N–H and O–H groups in total. The van der Waals surface area contributed by atoms with Gasteiger partial charge in [0.05, 0.1) is 10.9 Å². The molecule has 0 bridgehead atoms. The third-order valence-corrected chi connectivity index (χ3v) is 8.54. The highest BCUT2D eigenvalue weighted by atomic mass is 79.9. The minimum absolute atomic E-state index is 0.187. The molecule has 6 heteroatoms. The summed E-state index contributed by atoms with van der Waals surface area (Å²) in [6.07, 6.45) is 5.41. The highest BCUT2D eigenvalue weighted by molar-refractivity contribution is 9.10. The SMILES string of the molecule is Cc1ccc(NS(=O)(=O)c2ccc3c(c2)C2C=CCC2C(c2ccc(Br)cc2)N3)cc1C. The van der Waals surface area contributed by atoms with Crippen LogP contribution in [0.5, 0.6) is 0 Å². The number of allylic oxidation sites excluding steroid dienone is 2. The van der Waals surface area contributed by atoms with Crippen LogP contribution in [0.4, 0.5) is 11.4 Å². The molecule has 1 aliphatic carbocycles. The molecule has 5 rings (SSSR count). The van der Waals surface area contributed by atoms with Crippen LogP contribution >= 0.6 is 15.9 Å². The number of rotatable bonds is 4. The van der Waals surface area contributed by atoms with Crippen molar-refractivity contribution in [1.29, 1.82) is 0 Å². The van der Waals surface area contributed by atoms with Crippen LogP contribution in [0, 0.1) is 19.8 Å². The summed E-state index contributed by atoms with van der Waals surface area (Å²) in [5.41, 5.74) is 6.05. The molecule has 32 heavy (non-hydrogen) atoms. The fourth-order valence-corrected chi connectivity index (χ4v) is 6.11. The Hall–Kier alpha value is -2.57. The lowest BCUT2D eigenvalue weighted by Crippen LogP contribution is -2.29. The van der Waals surface area contributed by atoms with Crippen molar-refractivity contribution in [3.8, 4) is 0 Å². The summed E-state index contributed by atoms with van der Waals surface area (Å²) < 4.78 is 30.1. The van der Waals surface area contributed by atoms with Gasteiger partial charge in [0.2, 0.25) is 0 Å². The zero-order valence-corrected chi connectivity index (χ0v) is 20.4. The van der Waals surface area contributed by atoms with Crippen LogP contribution in [-0.4, -0.2) is 8.42 Å². The number of hydrogen-bond donors (Lipinski definition) is 2. The topological polar surface area (TPSA) is 58.2 Å². The number of halogens is 1. The predicted octanol–water partition coefficient (Wildman–Crippen LogP) is 6.69. The molecule has 1 heterocycles. The standard InChI is InChI=1S/C26H25BrN2O2S/c1-16-6-11-20(14-17(16)2)29-32(30,31)21-12-13-25-24(15-21)22-4-3-5-23(22)26(28-25)18-7-9-19(27)10-8-18/h3-4,6-15,22-23,26,28-29H,5H2,1-2H3. The molecule has 3 aromatic carbocycles. The third kappa shape index (κ3) is 3.86. The number of benzene rings is 3. The Balaban J connectivity index is 1.48. The van der Waals surface area contributed by atoms with Gasteiger partial charge < -0.3 is 5.32 Å². The second-order valence-corrected chi connectivity index (χ2v) is 11.3. The maximum atomic E-state index is 13.1. The van der Waals surface area contributed by atoms with E-state index in [0.717, 1.165) is 33.3 Å². The smallest absolute Gasteiger partial charge is 0.261 e. The first kappa shape index (κ1) is 21.3. The number of aryl methyl sites for hydroxylation is 2. The number of fused-ring (bicyclic) bond motifs is 3. The normalized spacial score (nSPS) is 21.5. The summed E-state index contributed by atoms with van der Waals surface area (Å²) in [6.45, 7) is 3.99. The molecule has 0 fully saturated rings. The average molecular weight is 509 g/mol. The van der Waals surface area contributed by atoms with E-state index in [-0.39, 0.29) is 16.9 Å². The van der Waals surface area contributed by atoms with Crippen LogP contribution in [0.2, 0.25) is 0 Å². The lowest BCUT2D eigenvalue weighted by Gasteiger charge is -2.37. The van der Waals surface area contributed by atoms with Crippen molar-refractivity contribution in [2.75, 3.05) is 10.0 Å². The van der Waals surface area contributed by atoms with Gasteiger partial charge in [-0.05, 0) is 90.9 Å². The molecule has 1 aliphatic heterocycles. The van der Waals surface area contributed by atoms with E-state index in [9.17, 15) is 8.42 Å². The van der Waals surface area contributed by atoms with Gasteiger partial charge in [0.1, 0.15) is 0 Å². The van der Waals surface area contributed by atoms with Crippen LogP contribution in [0.25, 0.3) is 0 Å². The van der Waals surface area contributed by atoms with E-state index in [1.54, 1.807) is 12.1 Å². The zero-order valence-electron chi connectivity index (χ0n) is 18.0. The van der Waals surface area contributed by atoms with E-state index in [1.807, 2.05) is 38.1 Å². The Morgan fingerprint density at radius 3 is 2.50 bits per heavy atom. The van der Waals surface area contributed by atoms with E-state index in [0.29, 0.717) is 11.6 Å². The fraction of sp³-hybridized carbons (Fsp3) is 0.231. The molecule has 0 saturated heterocycles. The van der Waals surface area contributed by atoms with E-state index < -0.39 is 10.0 Å². The van der Waals surface area contributed by atoms with Crippen molar-refractivity contribution in [2.24, 2.45) is 5.92 Å². The summed E-state index contributed by atoms with van der Waals surface area (Å²) in [6, 6.07) is 19.6. The van der Waals surface area contributed by atoms with E-state index in [1.165, 1.54) is 5.56 Å². The summed E-state index contributed by atoms with van der Waals surface area (Å²) >= 11 is 3.51. The first-order chi connectivity index (χ1) is 15.3. The molecule has 164 valence electrons. The number of sulfonamides is 1. The van der Waals surface area contributed by atoms with Gasteiger partial charge in [-0.2, -0.15) is 0 Å². The Morgan fingerprint density at radius 2 is 1.75 bits per heavy atom. The van der Waals surface area contributed by atoms with Gasteiger partial charge in [0.25, 0.3) is 10.0 Å². The van der Waals surface area contributed by atoms with Crippen molar-refractivity contribution < 1.29 is 8.42 Å². The molecular weight excluding hydrogens is 484 g/mol. The molecule has 0 radical (unpaired) electrons.